The number of nitrogens with one attached hydrogen (secondary N) is 4. The minimum absolute atomic E-state index is 0.0233. The lowest BCUT2D eigenvalue weighted by Gasteiger charge is -2.19. The first kappa shape index (κ1) is 63.3. The molecule has 0 spiro atoms. The molecule has 7 amide bonds. The normalized spacial score (nSPS) is 13.2. The number of amides is 7. The molecule has 35 heteroatoms. The van der Waals surface area contributed by atoms with Crippen LogP contribution in [0.3, 0.4) is 0 Å². The number of alkyl halides is 4. The number of anilines is 3. The van der Waals surface area contributed by atoms with Gasteiger partial charge in [0.15, 0.2) is 11.1 Å². The molecule has 0 fully saturated rings. The van der Waals surface area contributed by atoms with Crippen molar-refractivity contribution < 1.29 is 96.3 Å². The summed E-state index contributed by atoms with van der Waals surface area (Å²) in [5, 5.41) is 12.3. The van der Waals surface area contributed by atoms with E-state index < -0.39 is 114 Å². The van der Waals surface area contributed by atoms with Gasteiger partial charge in [-0.25, -0.2) is 46.5 Å². The second kappa shape index (κ2) is 27.6. The zero-order chi connectivity index (χ0) is 60.8. The number of hydrogen-bond acceptors (Lipinski definition) is 20. The quantitative estimate of drug-likeness (QED) is 0.0429. The summed E-state index contributed by atoms with van der Waals surface area (Å²) in [5.41, 5.74) is -0.0238. The molecule has 4 heterocycles. The minimum atomic E-state index is -4.71. The van der Waals surface area contributed by atoms with Crippen molar-refractivity contribution >= 4 is 85.0 Å². The van der Waals surface area contributed by atoms with E-state index in [1.54, 1.807) is 17.0 Å². The van der Waals surface area contributed by atoms with Gasteiger partial charge in [0.2, 0.25) is 35.4 Å². The lowest BCUT2D eigenvalue weighted by molar-refractivity contribution is -0.120. The van der Waals surface area contributed by atoms with Gasteiger partial charge in [-0.1, -0.05) is 29.7 Å². The van der Waals surface area contributed by atoms with E-state index in [1.165, 1.54) is 80.5 Å². The first-order valence-electron chi connectivity index (χ1n) is 22.7. The average molecular weight is 1210 g/mol. The van der Waals surface area contributed by atoms with Gasteiger partial charge in [0.1, 0.15) is 16.5 Å². The van der Waals surface area contributed by atoms with Gasteiger partial charge in [-0.3, -0.25) is 25.0 Å². The summed E-state index contributed by atoms with van der Waals surface area (Å²) in [6.07, 6.45) is 8.66. The topological polar surface area (TPSA) is 356 Å². The summed E-state index contributed by atoms with van der Waals surface area (Å²) >= 11 is 5.97. The molecule has 5 aromatic rings. The standard InChI is InChI=1S/C18H15ClFNO3.C15H18N6O6S.C14H10F4N4O7S/c1-3-10(2)24-16-9-15(14(20)8-13(16)19)21-17(22)11-6-4-5-7-12(11)18(21)23;1-21(2)13(22)9-6-5-7-16-12(9)28(24,25)20-15(23)19-14-17-10(26-3)8-11(18-14)27-4;15-11(16)28-8-5-9(29-12(17)18)20-13(19-8)21-14(25)22-30(26,27)7-4-2-1-3-6(7)10(23)24/h1,8-10H,4-7H2,2H3;5-8H,1-4H3,(H2,17,18,19,20,23);1-5,11-12H,(H,23,24)(H2,19,20,21,22,25). The zero-order valence-corrected chi connectivity index (χ0v) is 45.2. The summed E-state index contributed by atoms with van der Waals surface area (Å²) in [7, 11) is -3.56. The molecule has 27 nitrogen and oxygen atoms in total. The smallest absolute Gasteiger partial charge is 0.388 e. The Bertz CT molecular complexity index is 3520. The third kappa shape index (κ3) is 16.5. The Morgan fingerprint density at radius 2 is 1.23 bits per heavy atom. The van der Waals surface area contributed by atoms with Crippen molar-refractivity contribution in [1.29, 1.82) is 0 Å². The lowest BCUT2D eigenvalue weighted by atomic mass is 9.93. The van der Waals surface area contributed by atoms with E-state index in [2.05, 4.69) is 45.6 Å². The molecule has 1 aliphatic heterocycles. The number of carbonyl (C=O) groups excluding carboxylic acids is 5. The van der Waals surface area contributed by atoms with Crippen LogP contribution in [-0.4, -0.2) is 135 Å². The van der Waals surface area contributed by atoms with Gasteiger partial charge in [0.05, 0.1) is 48.2 Å². The number of sulfonamides is 2. The van der Waals surface area contributed by atoms with Crippen LogP contribution >= 0.6 is 11.6 Å². The fourth-order valence-electron chi connectivity index (χ4n) is 6.88. The molecular formula is C47H43ClF5N11O16S2. The molecule has 0 saturated carbocycles. The Hall–Kier alpha value is -9.49. The summed E-state index contributed by atoms with van der Waals surface area (Å²) in [4.78, 5) is 91.8. The van der Waals surface area contributed by atoms with Gasteiger partial charge in [-0.05, 0) is 62.9 Å². The zero-order valence-electron chi connectivity index (χ0n) is 42.8. The number of pyridine rings is 1. The van der Waals surface area contributed by atoms with E-state index in [0.717, 1.165) is 35.9 Å². The highest BCUT2D eigenvalue weighted by Crippen LogP contribution is 2.40. The molecule has 1 atom stereocenters. The number of hydrogen-bond donors (Lipinski definition) is 5. The maximum atomic E-state index is 14.4. The molecule has 7 rings (SSSR count). The Balaban J connectivity index is 0.000000227. The van der Waals surface area contributed by atoms with Gasteiger partial charge >= 0.3 is 31.3 Å². The number of ether oxygens (including phenoxy) is 5. The number of aromatic nitrogens is 5. The SMILES string of the molecule is C#CC(C)Oc1cc(N2C(=O)C3=C(CCCC3)C2=O)c(F)cc1Cl.COc1cc(OC)nc(NC(=O)NS(=O)(=O)c2ncccc2C(=O)N(C)C)n1.O=C(Nc1nc(OC(F)F)cc(OC(F)F)n1)NS(=O)(=O)c1ccccc1C(=O)O. The monoisotopic (exact) mass is 1210 g/mol. The highest BCUT2D eigenvalue weighted by atomic mass is 35.5. The number of imide groups is 1. The molecular weight excluding hydrogens is 1170 g/mol. The van der Waals surface area contributed by atoms with Crippen LogP contribution < -0.4 is 48.7 Å². The van der Waals surface area contributed by atoms with E-state index in [0.29, 0.717) is 30.1 Å². The summed E-state index contributed by atoms with van der Waals surface area (Å²) in [6.45, 7) is -5.19. The molecule has 436 valence electrons. The van der Waals surface area contributed by atoms with E-state index in [-0.39, 0.29) is 39.7 Å². The van der Waals surface area contributed by atoms with E-state index in [4.69, 9.17) is 37.3 Å². The molecule has 3 aromatic heterocycles. The number of methoxy groups -OCH3 is 2. The Kier molecular flexibility index (Phi) is 21.3. The fourth-order valence-corrected chi connectivity index (χ4v) is 9.22. The van der Waals surface area contributed by atoms with Crippen LogP contribution in [0, 0.1) is 18.2 Å². The van der Waals surface area contributed by atoms with Crippen LogP contribution in [0.4, 0.5) is 49.1 Å². The van der Waals surface area contributed by atoms with Crippen LogP contribution in [0.1, 0.15) is 53.3 Å². The van der Waals surface area contributed by atoms with E-state index >= 15 is 0 Å². The van der Waals surface area contributed by atoms with Crippen LogP contribution in [0.25, 0.3) is 0 Å². The maximum Gasteiger partial charge on any atom is 0.388 e. The van der Waals surface area contributed by atoms with Crippen molar-refractivity contribution in [2.75, 3.05) is 43.8 Å². The molecule has 2 aromatic carbocycles. The van der Waals surface area contributed by atoms with Crippen LogP contribution in [0.2, 0.25) is 5.02 Å². The number of carboxylic acids is 1. The van der Waals surface area contributed by atoms with Crippen molar-refractivity contribution in [3.05, 3.63) is 100.0 Å². The van der Waals surface area contributed by atoms with E-state index in [9.17, 15) is 67.6 Å². The Morgan fingerprint density at radius 3 is 1.72 bits per heavy atom. The number of aromatic carboxylic acids is 1. The molecule has 1 unspecified atom stereocenters. The van der Waals surface area contributed by atoms with Crippen LogP contribution in [0.15, 0.2) is 87.9 Å². The number of carboxylic acid groups (broad SMARTS) is 1. The van der Waals surface area contributed by atoms with Gasteiger partial charge in [0.25, 0.3) is 37.8 Å². The molecule has 0 radical (unpaired) electrons. The number of carbonyl (C=O) groups is 6. The van der Waals surface area contributed by atoms with Crippen molar-refractivity contribution in [2.45, 2.75) is 61.9 Å². The van der Waals surface area contributed by atoms with Gasteiger partial charge in [0, 0.05) is 37.5 Å². The molecule has 82 heavy (non-hydrogen) atoms. The third-order valence-electron chi connectivity index (χ3n) is 10.3. The van der Waals surface area contributed by atoms with E-state index in [1.807, 2.05) is 0 Å². The number of nitrogens with zero attached hydrogens (tertiary/aromatic N) is 7. The van der Waals surface area contributed by atoms with Crippen molar-refractivity contribution in [3.63, 3.8) is 0 Å². The fraction of sp³-hybridized carbons (Fsp3) is 0.255. The molecule has 1 aliphatic carbocycles. The molecule has 5 N–H and O–H groups in total. The van der Waals surface area contributed by atoms with Crippen molar-refractivity contribution in [1.82, 2.24) is 39.3 Å². The number of terminal acetylenes is 1. The lowest BCUT2D eigenvalue weighted by Crippen LogP contribution is -2.36. The first-order valence-corrected chi connectivity index (χ1v) is 26.1. The molecule has 2 aliphatic rings. The van der Waals surface area contributed by atoms with Gasteiger partial charge < -0.3 is 33.7 Å². The van der Waals surface area contributed by atoms with Crippen molar-refractivity contribution in [3.8, 4) is 41.6 Å². The maximum absolute atomic E-state index is 14.4. The van der Waals surface area contributed by atoms with Crippen LogP contribution in [0.5, 0.6) is 29.3 Å². The Labute approximate surface area is 466 Å². The second-order valence-electron chi connectivity index (χ2n) is 16.1. The minimum Gasteiger partial charge on any atom is -0.481 e. The first-order chi connectivity index (χ1) is 38.6. The van der Waals surface area contributed by atoms with Gasteiger partial charge in [-0.2, -0.15) is 45.9 Å². The largest absolute Gasteiger partial charge is 0.481 e. The molecule has 0 saturated heterocycles. The highest BCUT2D eigenvalue weighted by molar-refractivity contribution is 7.90. The number of urea groups is 2. The second-order valence-corrected chi connectivity index (χ2v) is 19.8. The van der Waals surface area contributed by atoms with Crippen molar-refractivity contribution in [2.24, 2.45) is 0 Å². The summed E-state index contributed by atoms with van der Waals surface area (Å²) in [5.74, 6) is -4.31. The van der Waals surface area contributed by atoms with Gasteiger partial charge in [-0.15, -0.1) is 6.42 Å². The Morgan fingerprint density at radius 1 is 0.744 bits per heavy atom. The highest BCUT2D eigenvalue weighted by Gasteiger charge is 2.41. The third-order valence-corrected chi connectivity index (χ3v) is 13.3. The molecule has 0 bridgehead atoms. The number of benzene rings is 2. The number of halogens is 6. The average Bonchev–Trinajstić information content (AvgIpc) is 3.78. The predicted octanol–water partition coefficient (Wildman–Crippen LogP) is 5.61. The number of rotatable bonds is 17. The van der Waals surface area contributed by atoms with Crippen LogP contribution in [-0.2, 0) is 29.6 Å². The predicted molar refractivity (Wildman–Crippen MR) is 273 cm³/mol. The summed E-state index contributed by atoms with van der Waals surface area (Å²) < 4.78 is 140. The summed E-state index contributed by atoms with van der Waals surface area (Å²) in [6, 6.07) is 8.40.